The minimum atomic E-state index is -0.380. The molecule has 0 radical (unpaired) electrons. The van der Waals surface area contributed by atoms with Gasteiger partial charge in [-0.05, 0) is 49.7 Å². The molecule has 5 nitrogen and oxygen atoms in total. The van der Waals surface area contributed by atoms with E-state index in [1.165, 1.54) is 6.07 Å². The molecule has 0 fully saturated rings. The summed E-state index contributed by atoms with van der Waals surface area (Å²) in [7, 11) is 0. The maximum atomic E-state index is 12.4. The first-order valence-electron chi connectivity index (χ1n) is 6.21. The van der Waals surface area contributed by atoms with E-state index >= 15 is 0 Å². The number of nitrogens with two attached hydrogens (primary N) is 1. The largest absolute Gasteiger partial charge is 0.399 e. The van der Waals surface area contributed by atoms with Crippen molar-refractivity contribution >= 4 is 23.3 Å². The summed E-state index contributed by atoms with van der Waals surface area (Å²) in [5, 5.41) is 0. The Bertz CT molecular complexity index is 733. The second kappa shape index (κ2) is 4.16. The highest BCUT2D eigenvalue weighted by Gasteiger charge is 2.37. The Morgan fingerprint density at radius 1 is 1.00 bits per heavy atom. The molecule has 2 amide bonds. The number of carbonyl (C=O) groups excluding carboxylic acids is 2. The van der Waals surface area contributed by atoms with E-state index in [9.17, 15) is 9.59 Å². The Hall–Kier alpha value is -2.69. The average Bonchev–Trinajstić information content (AvgIpc) is 2.60. The van der Waals surface area contributed by atoms with Crippen molar-refractivity contribution in [2.24, 2.45) is 0 Å². The van der Waals surface area contributed by atoms with Gasteiger partial charge < -0.3 is 5.73 Å². The van der Waals surface area contributed by atoms with Crippen LogP contribution in [0, 0.1) is 13.8 Å². The van der Waals surface area contributed by atoms with Crippen LogP contribution in [0.4, 0.5) is 11.5 Å². The van der Waals surface area contributed by atoms with Crippen molar-refractivity contribution in [3.8, 4) is 0 Å². The third-order valence-corrected chi connectivity index (χ3v) is 3.22. The molecule has 0 atom stereocenters. The lowest BCUT2D eigenvalue weighted by Crippen LogP contribution is -2.30. The smallest absolute Gasteiger partial charge is 0.267 e. The van der Waals surface area contributed by atoms with Crippen molar-refractivity contribution in [2.45, 2.75) is 13.8 Å². The highest BCUT2D eigenvalue weighted by molar-refractivity contribution is 6.34. The van der Waals surface area contributed by atoms with Crippen molar-refractivity contribution in [2.75, 3.05) is 10.6 Å². The summed E-state index contributed by atoms with van der Waals surface area (Å²) < 4.78 is 0. The number of amides is 2. The molecule has 2 heterocycles. The lowest BCUT2D eigenvalue weighted by Gasteiger charge is -2.13. The number of carbonyl (C=O) groups is 2. The first-order chi connectivity index (χ1) is 9.47. The number of anilines is 2. The van der Waals surface area contributed by atoms with Crippen LogP contribution in [-0.4, -0.2) is 16.8 Å². The Morgan fingerprint density at radius 3 is 2.40 bits per heavy atom. The van der Waals surface area contributed by atoms with Gasteiger partial charge in [-0.2, -0.15) is 0 Å². The Labute approximate surface area is 116 Å². The van der Waals surface area contributed by atoms with Gasteiger partial charge in [0.05, 0.1) is 11.1 Å². The number of imide groups is 1. The lowest BCUT2D eigenvalue weighted by atomic mass is 10.1. The third-order valence-electron chi connectivity index (χ3n) is 3.22. The zero-order chi connectivity index (χ0) is 14.4. The number of nitrogen functional groups attached to an aromatic ring is 1. The molecule has 0 bridgehead atoms. The summed E-state index contributed by atoms with van der Waals surface area (Å²) in [5.41, 5.74) is 8.54. The van der Waals surface area contributed by atoms with Crippen LogP contribution in [-0.2, 0) is 0 Å². The normalized spacial score (nSPS) is 13.8. The van der Waals surface area contributed by atoms with Crippen molar-refractivity contribution in [1.29, 1.82) is 0 Å². The molecule has 2 aromatic rings. The first-order valence-corrected chi connectivity index (χ1v) is 6.21. The van der Waals surface area contributed by atoms with Crippen LogP contribution in [0.1, 0.15) is 32.0 Å². The molecule has 0 unspecified atom stereocenters. The van der Waals surface area contributed by atoms with Gasteiger partial charge in [-0.1, -0.05) is 0 Å². The van der Waals surface area contributed by atoms with E-state index in [0.717, 1.165) is 16.2 Å². The quantitative estimate of drug-likeness (QED) is 0.634. The number of benzene rings is 1. The molecule has 1 aliphatic rings. The molecule has 0 aliphatic carbocycles. The van der Waals surface area contributed by atoms with E-state index in [0.29, 0.717) is 22.6 Å². The minimum absolute atomic E-state index is 0.330. The molecule has 100 valence electrons. The monoisotopic (exact) mass is 267 g/mol. The average molecular weight is 267 g/mol. The summed E-state index contributed by atoms with van der Waals surface area (Å²) in [4.78, 5) is 30.1. The predicted molar refractivity (Wildman–Crippen MR) is 75.7 cm³/mol. The van der Waals surface area contributed by atoms with Crippen LogP contribution in [0.15, 0.2) is 30.3 Å². The molecular formula is C15H13N3O2. The van der Waals surface area contributed by atoms with Crippen LogP contribution in [0.25, 0.3) is 0 Å². The molecule has 0 saturated heterocycles. The van der Waals surface area contributed by atoms with Crippen LogP contribution < -0.4 is 10.6 Å². The van der Waals surface area contributed by atoms with Crippen molar-refractivity contribution in [3.63, 3.8) is 0 Å². The van der Waals surface area contributed by atoms with E-state index in [-0.39, 0.29) is 11.8 Å². The van der Waals surface area contributed by atoms with Crippen molar-refractivity contribution in [1.82, 2.24) is 4.98 Å². The van der Waals surface area contributed by atoms with Gasteiger partial charge in [0.1, 0.15) is 5.82 Å². The highest BCUT2D eigenvalue weighted by Crippen LogP contribution is 2.29. The molecule has 3 rings (SSSR count). The minimum Gasteiger partial charge on any atom is -0.399 e. The number of aryl methyl sites for hydroxylation is 2. The predicted octanol–water partition coefficient (Wildman–Crippen LogP) is 2.08. The second-order valence-corrected chi connectivity index (χ2v) is 4.89. The third kappa shape index (κ3) is 1.75. The fraction of sp³-hybridized carbons (Fsp3) is 0.133. The van der Waals surface area contributed by atoms with Gasteiger partial charge in [-0.25, -0.2) is 9.88 Å². The highest BCUT2D eigenvalue weighted by atomic mass is 16.2. The van der Waals surface area contributed by atoms with Gasteiger partial charge in [0.15, 0.2) is 0 Å². The molecule has 1 aromatic heterocycles. The van der Waals surface area contributed by atoms with E-state index in [4.69, 9.17) is 5.73 Å². The number of hydrogen-bond acceptors (Lipinski definition) is 4. The maximum absolute atomic E-state index is 12.4. The molecule has 20 heavy (non-hydrogen) atoms. The number of fused-ring (bicyclic) bond motifs is 1. The van der Waals surface area contributed by atoms with Gasteiger partial charge in [0, 0.05) is 11.4 Å². The van der Waals surface area contributed by atoms with E-state index < -0.39 is 0 Å². The van der Waals surface area contributed by atoms with Gasteiger partial charge in [-0.15, -0.1) is 0 Å². The lowest BCUT2D eigenvalue weighted by molar-refractivity contribution is 0.0925. The summed E-state index contributed by atoms with van der Waals surface area (Å²) in [6.07, 6.45) is 0. The van der Waals surface area contributed by atoms with Crippen LogP contribution in [0.2, 0.25) is 0 Å². The SMILES string of the molecule is Cc1cc(C)nc(N2C(=O)c3ccc(N)cc3C2=O)c1. The molecule has 1 aromatic carbocycles. The molecule has 0 spiro atoms. The van der Waals surface area contributed by atoms with Gasteiger partial charge >= 0.3 is 0 Å². The number of hydrogen-bond donors (Lipinski definition) is 1. The zero-order valence-corrected chi connectivity index (χ0v) is 11.2. The number of aromatic nitrogens is 1. The molecule has 5 heteroatoms. The summed E-state index contributed by atoms with van der Waals surface area (Å²) in [6, 6.07) is 8.33. The fourth-order valence-corrected chi connectivity index (χ4v) is 2.40. The van der Waals surface area contributed by atoms with Crippen LogP contribution >= 0.6 is 0 Å². The molecule has 1 aliphatic heterocycles. The number of rotatable bonds is 1. The second-order valence-electron chi connectivity index (χ2n) is 4.89. The van der Waals surface area contributed by atoms with Crippen LogP contribution in [0.3, 0.4) is 0 Å². The molecule has 0 saturated carbocycles. The maximum Gasteiger partial charge on any atom is 0.267 e. The van der Waals surface area contributed by atoms with Gasteiger partial charge in [0.25, 0.3) is 11.8 Å². The van der Waals surface area contributed by atoms with Gasteiger partial charge in [0.2, 0.25) is 0 Å². The molecule has 2 N–H and O–H groups in total. The standard InChI is InChI=1S/C15H13N3O2/c1-8-5-9(2)17-13(6-8)18-14(19)11-4-3-10(16)7-12(11)15(18)20/h3-7H,16H2,1-2H3. The van der Waals surface area contributed by atoms with E-state index in [1.54, 1.807) is 18.2 Å². The number of nitrogens with zero attached hydrogens (tertiary/aromatic N) is 2. The topological polar surface area (TPSA) is 76.3 Å². The van der Waals surface area contributed by atoms with Crippen molar-refractivity contribution < 1.29 is 9.59 Å². The van der Waals surface area contributed by atoms with Crippen LogP contribution in [0.5, 0.6) is 0 Å². The number of pyridine rings is 1. The summed E-state index contributed by atoms with van der Waals surface area (Å²) in [5.74, 6) is -0.385. The Kier molecular flexibility index (Phi) is 2.57. The first kappa shape index (κ1) is 12.3. The zero-order valence-electron chi connectivity index (χ0n) is 11.2. The van der Waals surface area contributed by atoms with Crippen molar-refractivity contribution in [3.05, 3.63) is 52.7 Å². The van der Waals surface area contributed by atoms with Gasteiger partial charge in [-0.3, -0.25) is 9.59 Å². The Balaban J connectivity index is 2.14. The van der Waals surface area contributed by atoms with E-state index in [1.807, 2.05) is 19.9 Å². The Morgan fingerprint density at radius 2 is 1.70 bits per heavy atom. The summed E-state index contributed by atoms with van der Waals surface area (Å²) in [6.45, 7) is 3.72. The summed E-state index contributed by atoms with van der Waals surface area (Å²) >= 11 is 0. The van der Waals surface area contributed by atoms with E-state index in [2.05, 4.69) is 4.98 Å². The fourth-order valence-electron chi connectivity index (χ4n) is 2.40. The molecular weight excluding hydrogens is 254 g/mol.